The fourth-order valence-corrected chi connectivity index (χ4v) is 3.06. The first-order valence-corrected chi connectivity index (χ1v) is 9.11. The van der Waals surface area contributed by atoms with E-state index in [0.29, 0.717) is 5.56 Å². The first-order valence-electron chi connectivity index (χ1n) is 9.11. The number of nitro benzene ring substituents is 1. The molecule has 10 nitrogen and oxygen atoms in total. The molecule has 1 unspecified atom stereocenters. The fourth-order valence-electron chi connectivity index (χ4n) is 3.06. The zero-order valence-corrected chi connectivity index (χ0v) is 16.4. The van der Waals surface area contributed by atoms with E-state index in [1.54, 1.807) is 0 Å². The number of amides is 2. The van der Waals surface area contributed by atoms with Crippen LogP contribution < -0.4 is 15.0 Å². The van der Waals surface area contributed by atoms with Gasteiger partial charge in [-0.15, -0.1) is 0 Å². The average Bonchev–Trinajstić information content (AvgIpc) is 2.75. The largest absolute Gasteiger partial charge is 0.482 e. The van der Waals surface area contributed by atoms with E-state index in [1.165, 1.54) is 43.5 Å². The van der Waals surface area contributed by atoms with Crippen molar-refractivity contribution in [1.29, 1.82) is 0 Å². The number of non-ortho nitro benzene ring substituents is 1. The number of halogens is 1. The first-order chi connectivity index (χ1) is 14.8. The molecule has 0 aliphatic carbocycles. The summed E-state index contributed by atoms with van der Waals surface area (Å²) < 4.78 is 23.2. The number of ether oxygens (including phenoxy) is 2. The van der Waals surface area contributed by atoms with Gasteiger partial charge in [-0.05, 0) is 23.8 Å². The highest BCUT2D eigenvalue weighted by Gasteiger charge is 2.30. The Morgan fingerprint density at radius 3 is 2.65 bits per heavy atom. The van der Waals surface area contributed by atoms with Gasteiger partial charge in [0.25, 0.3) is 11.6 Å². The summed E-state index contributed by atoms with van der Waals surface area (Å²) in [6, 6.07) is 8.10. The minimum absolute atomic E-state index is 0.0897. The van der Waals surface area contributed by atoms with Gasteiger partial charge in [-0.1, -0.05) is 12.1 Å². The van der Waals surface area contributed by atoms with E-state index >= 15 is 0 Å². The first kappa shape index (κ1) is 21.7. The molecule has 1 N–H and O–H groups in total. The molecule has 11 heteroatoms. The van der Waals surface area contributed by atoms with Gasteiger partial charge in [-0.3, -0.25) is 29.4 Å². The molecule has 0 radical (unpaired) electrons. The van der Waals surface area contributed by atoms with Crippen LogP contribution in [0.5, 0.6) is 5.75 Å². The summed E-state index contributed by atoms with van der Waals surface area (Å²) in [5, 5.41) is 13.7. The predicted octanol–water partition coefficient (Wildman–Crippen LogP) is 1.88. The molecule has 1 aliphatic rings. The van der Waals surface area contributed by atoms with E-state index in [1.807, 2.05) is 0 Å². The third kappa shape index (κ3) is 5.13. The summed E-state index contributed by atoms with van der Waals surface area (Å²) in [4.78, 5) is 48.3. The van der Waals surface area contributed by atoms with Crippen molar-refractivity contribution in [2.24, 2.45) is 0 Å². The maximum absolute atomic E-state index is 13.2. The Labute approximate surface area is 175 Å². The molecule has 0 bridgehead atoms. The van der Waals surface area contributed by atoms with Gasteiger partial charge in [-0.25, -0.2) is 4.39 Å². The van der Waals surface area contributed by atoms with Gasteiger partial charge in [0.1, 0.15) is 18.1 Å². The van der Waals surface area contributed by atoms with Crippen LogP contribution in [0.15, 0.2) is 42.5 Å². The summed E-state index contributed by atoms with van der Waals surface area (Å²) in [6.07, 6.45) is -0.215. The van der Waals surface area contributed by atoms with E-state index in [0.717, 1.165) is 11.0 Å². The van der Waals surface area contributed by atoms with Crippen LogP contribution in [0.2, 0.25) is 0 Å². The minimum Gasteiger partial charge on any atom is -0.482 e. The lowest BCUT2D eigenvalue weighted by atomic mass is 10.0. The normalized spacial score (nSPS) is 13.6. The van der Waals surface area contributed by atoms with Crippen molar-refractivity contribution >= 4 is 29.2 Å². The van der Waals surface area contributed by atoms with Crippen LogP contribution in [0.25, 0.3) is 0 Å². The van der Waals surface area contributed by atoms with Gasteiger partial charge in [-0.2, -0.15) is 0 Å². The van der Waals surface area contributed by atoms with Crippen molar-refractivity contribution in [2.45, 2.75) is 12.5 Å². The smallest absolute Gasteiger partial charge is 0.307 e. The van der Waals surface area contributed by atoms with Gasteiger partial charge in [0, 0.05) is 12.1 Å². The maximum atomic E-state index is 13.2. The molecule has 31 heavy (non-hydrogen) atoms. The zero-order valence-electron chi connectivity index (χ0n) is 16.4. The summed E-state index contributed by atoms with van der Waals surface area (Å²) in [5.74, 6) is -2.05. The highest BCUT2D eigenvalue weighted by molar-refractivity contribution is 6.02. The number of fused-ring (bicyclic) bond motifs is 1. The molecule has 2 amide bonds. The Hall–Kier alpha value is -4.02. The standard InChI is InChI=1S/C20H18FN3O7/c1-30-20(27)9-15(12-2-4-13(21)5-3-12)22-18(25)10-23-16-8-14(24(28)29)6-7-17(16)31-11-19(23)26/h2-8,15H,9-11H2,1H3,(H,22,25). The number of carbonyl (C=O) groups is 3. The third-order valence-electron chi connectivity index (χ3n) is 4.60. The van der Waals surface area contributed by atoms with E-state index in [2.05, 4.69) is 10.1 Å². The summed E-state index contributed by atoms with van der Waals surface area (Å²) in [6.45, 7) is -0.795. The average molecular weight is 431 g/mol. The van der Waals surface area contributed by atoms with E-state index in [9.17, 15) is 28.9 Å². The van der Waals surface area contributed by atoms with Crippen LogP contribution in [0.3, 0.4) is 0 Å². The van der Waals surface area contributed by atoms with Crippen LogP contribution in [0, 0.1) is 15.9 Å². The summed E-state index contributed by atoms with van der Waals surface area (Å²) >= 11 is 0. The van der Waals surface area contributed by atoms with Gasteiger partial charge in [0.15, 0.2) is 6.61 Å². The Morgan fingerprint density at radius 1 is 1.29 bits per heavy atom. The van der Waals surface area contributed by atoms with Crippen LogP contribution in [0.1, 0.15) is 18.0 Å². The number of hydrogen-bond acceptors (Lipinski definition) is 7. The molecule has 162 valence electrons. The molecule has 0 fully saturated rings. The lowest BCUT2D eigenvalue weighted by molar-refractivity contribution is -0.384. The van der Waals surface area contributed by atoms with Crippen molar-refractivity contribution in [3.05, 3.63) is 64.0 Å². The minimum atomic E-state index is -0.832. The number of benzene rings is 2. The second kappa shape index (κ2) is 9.20. The van der Waals surface area contributed by atoms with E-state index < -0.39 is 41.1 Å². The highest BCUT2D eigenvalue weighted by atomic mass is 19.1. The zero-order chi connectivity index (χ0) is 22.5. The number of esters is 1. The topological polar surface area (TPSA) is 128 Å². The Balaban J connectivity index is 1.81. The highest BCUT2D eigenvalue weighted by Crippen LogP contribution is 2.35. The Morgan fingerprint density at radius 2 is 2.00 bits per heavy atom. The summed E-state index contributed by atoms with van der Waals surface area (Å²) in [7, 11) is 1.20. The number of hydrogen-bond donors (Lipinski definition) is 1. The number of methoxy groups -OCH3 is 1. The molecule has 2 aromatic rings. The molecular weight excluding hydrogens is 413 g/mol. The molecule has 2 aromatic carbocycles. The number of nitrogens with zero attached hydrogens (tertiary/aromatic N) is 2. The van der Waals surface area contributed by atoms with Crippen molar-refractivity contribution in [1.82, 2.24) is 5.32 Å². The fraction of sp³-hybridized carbons (Fsp3) is 0.250. The van der Waals surface area contributed by atoms with Crippen molar-refractivity contribution in [2.75, 3.05) is 25.2 Å². The molecule has 0 spiro atoms. The van der Waals surface area contributed by atoms with Gasteiger partial charge >= 0.3 is 5.97 Å². The molecule has 0 aromatic heterocycles. The van der Waals surface area contributed by atoms with E-state index in [-0.39, 0.29) is 30.2 Å². The SMILES string of the molecule is COC(=O)CC(NC(=O)CN1C(=O)COc2ccc([N+](=O)[O-])cc21)c1ccc(F)cc1. The second-order valence-electron chi connectivity index (χ2n) is 6.63. The van der Waals surface area contributed by atoms with Crippen LogP contribution >= 0.6 is 0 Å². The number of carbonyl (C=O) groups excluding carboxylic acids is 3. The molecule has 0 saturated carbocycles. The number of nitrogens with one attached hydrogen (secondary N) is 1. The molecule has 1 aliphatic heterocycles. The molecule has 1 heterocycles. The van der Waals surface area contributed by atoms with Gasteiger partial charge in [0.05, 0.1) is 30.2 Å². The molecule has 1 atom stereocenters. The maximum Gasteiger partial charge on any atom is 0.307 e. The lowest BCUT2D eigenvalue weighted by Gasteiger charge is -2.29. The van der Waals surface area contributed by atoms with Crippen LogP contribution in [-0.4, -0.2) is 43.0 Å². The predicted molar refractivity (Wildman–Crippen MR) is 105 cm³/mol. The monoisotopic (exact) mass is 431 g/mol. The van der Waals surface area contributed by atoms with Crippen LogP contribution in [-0.2, 0) is 19.1 Å². The van der Waals surface area contributed by atoms with Gasteiger partial charge in [0.2, 0.25) is 5.91 Å². The van der Waals surface area contributed by atoms with E-state index in [4.69, 9.17) is 4.74 Å². The van der Waals surface area contributed by atoms with Crippen molar-refractivity contribution < 1.29 is 33.2 Å². The quantitative estimate of drug-likeness (QED) is 0.403. The molecular formula is C20H18FN3O7. The number of rotatable bonds is 7. The summed E-state index contributed by atoms with van der Waals surface area (Å²) in [5.41, 5.74) is 0.286. The van der Waals surface area contributed by atoms with Crippen molar-refractivity contribution in [3.8, 4) is 5.75 Å². The number of anilines is 1. The lowest BCUT2D eigenvalue weighted by Crippen LogP contribution is -2.46. The second-order valence-corrected chi connectivity index (χ2v) is 6.63. The van der Waals surface area contributed by atoms with Crippen LogP contribution in [0.4, 0.5) is 15.8 Å². The number of nitro groups is 1. The third-order valence-corrected chi connectivity index (χ3v) is 4.60. The van der Waals surface area contributed by atoms with Gasteiger partial charge < -0.3 is 14.8 Å². The Bertz CT molecular complexity index is 1030. The van der Waals surface area contributed by atoms with Crippen molar-refractivity contribution in [3.63, 3.8) is 0 Å². The molecule has 0 saturated heterocycles. The Kier molecular flexibility index (Phi) is 6.43. The molecule has 3 rings (SSSR count).